The molecule has 2 aromatic rings. The summed E-state index contributed by atoms with van der Waals surface area (Å²) in [5.41, 5.74) is 2.28. The summed E-state index contributed by atoms with van der Waals surface area (Å²) in [7, 11) is 3.31. The van der Waals surface area contributed by atoms with E-state index < -0.39 is 6.10 Å². The highest BCUT2D eigenvalue weighted by Crippen LogP contribution is 2.21. The zero-order valence-electron chi connectivity index (χ0n) is 15.2. The molecule has 144 valence electrons. The summed E-state index contributed by atoms with van der Waals surface area (Å²) in [6.45, 7) is 1.19. The Bertz CT molecular complexity index is 806. The summed E-state index contributed by atoms with van der Waals surface area (Å²) in [6.07, 6.45) is 0.972. The lowest BCUT2D eigenvalue weighted by Gasteiger charge is -2.33. The summed E-state index contributed by atoms with van der Waals surface area (Å²) >= 11 is 0. The first kappa shape index (κ1) is 18.8. The number of urea groups is 1. The van der Waals surface area contributed by atoms with E-state index in [1.54, 1.807) is 37.3 Å². The van der Waals surface area contributed by atoms with Crippen LogP contribution in [0.2, 0.25) is 0 Å². The predicted octanol–water partition coefficient (Wildman–Crippen LogP) is 1.21. The van der Waals surface area contributed by atoms with Crippen molar-refractivity contribution < 1.29 is 18.7 Å². The second-order valence-corrected chi connectivity index (χ2v) is 6.47. The van der Waals surface area contributed by atoms with Crippen LogP contribution in [-0.2, 0) is 16.1 Å². The minimum absolute atomic E-state index is 0.166. The second kappa shape index (κ2) is 8.17. The van der Waals surface area contributed by atoms with Gasteiger partial charge in [0.1, 0.15) is 5.82 Å². The van der Waals surface area contributed by atoms with Gasteiger partial charge >= 0.3 is 6.03 Å². The van der Waals surface area contributed by atoms with Gasteiger partial charge in [-0.25, -0.2) is 9.18 Å². The van der Waals surface area contributed by atoms with Crippen molar-refractivity contribution >= 4 is 11.9 Å². The standard InChI is InChI=1S/C18H22FN5O3/c1-23(2)17(25)15-11-24(7-8-27-15)18(26)20-9-13-10-21-22-16(13)12-3-5-14(19)6-4-12/h3-6,10,15H,7-9,11H2,1-2H3,(H,20,26)(H,21,22)/t15-/m0/s1. The molecule has 3 rings (SSSR count). The SMILES string of the molecule is CN(C)C(=O)[C@@H]1CN(C(=O)NCc2cn[nH]c2-c2ccc(F)cc2)CCO1. The maximum Gasteiger partial charge on any atom is 0.317 e. The summed E-state index contributed by atoms with van der Waals surface area (Å²) in [5.74, 6) is -0.483. The van der Waals surface area contributed by atoms with Gasteiger partial charge in [-0.05, 0) is 24.3 Å². The Labute approximate surface area is 156 Å². The van der Waals surface area contributed by atoms with Crippen molar-refractivity contribution in [3.63, 3.8) is 0 Å². The molecule has 1 atom stereocenters. The third-order valence-corrected chi connectivity index (χ3v) is 4.35. The van der Waals surface area contributed by atoms with E-state index in [0.29, 0.717) is 13.2 Å². The third kappa shape index (κ3) is 4.43. The van der Waals surface area contributed by atoms with Gasteiger partial charge in [0.25, 0.3) is 5.91 Å². The van der Waals surface area contributed by atoms with Crippen molar-refractivity contribution in [2.24, 2.45) is 0 Å². The molecule has 0 bridgehead atoms. The van der Waals surface area contributed by atoms with E-state index in [-0.39, 0.29) is 30.8 Å². The summed E-state index contributed by atoms with van der Waals surface area (Å²) < 4.78 is 18.6. The van der Waals surface area contributed by atoms with Gasteiger partial charge in [0.05, 0.1) is 25.0 Å². The second-order valence-electron chi connectivity index (χ2n) is 6.47. The van der Waals surface area contributed by atoms with Gasteiger partial charge in [0.15, 0.2) is 6.10 Å². The molecule has 0 radical (unpaired) electrons. The highest BCUT2D eigenvalue weighted by Gasteiger charge is 2.30. The van der Waals surface area contributed by atoms with Gasteiger partial charge in [-0.15, -0.1) is 0 Å². The molecule has 1 fully saturated rings. The lowest BCUT2D eigenvalue weighted by molar-refractivity contribution is -0.145. The number of likely N-dealkylation sites (N-methyl/N-ethyl adjacent to an activating group) is 1. The van der Waals surface area contributed by atoms with Crippen LogP contribution in [0.25, 0.3) is 11.3 Å². The number of hydrogen-bond donors (Lipinski definition) is 2. The van der Waals surface area contributed by atoms with Gasteiger partial charge in [0, 0.05) is 38.3 Å². The lowest BCUT2D eigenvalue weighted by Crippen LogP contribution is -2.53. The average molecular weight is 375 g/mol. The van der Waals surface area contributed by atoms with Gasteiger partial charge in [-0.3, -0.25) is 9.89 Å². The number of benzene rings is 1. The van der Waals surface area contributed by atoms with Crippen LogP contribution in [0.4, 0.5) is 9.18 Å². The van der Waals surface area contributed by atoms with E-state index in [2.05, 4.69) is 15.5 Å². The minimum atomic E-state index is -0.650. The Morgan fingerprint density at radius 1 is 1.37 bits per heavy atom. The molecule has 3 amide bonds. The van der Waals surface area contributed by atoms with Crippen molar-refractivity contribution in [2.45, 2.75) is 12.6 Å². The first-order valence-corrected chi connectivity index (χ1v) is 8.59. The van der Waals surface area contributed by atoms with Crippen molar-refractivity contribution in [1.82, 2.24) is 25.3 Å². The number of nitrogens with zero attached hydrogens (tertiary/aromatic N) is 3. The fourth-order valence-electron chi connectivity index (χ4n) is 2.87. The van der Waals surface area contributed by atoms with Crippen LogP contribution in [-0.4, -0.2) is 71.8 Å². The molecule has 0 aliphatic carbocycles. The van der Waals surface area contributed by atoms with Crippen LogP contribution in [0, 0.1) is 5.82 Å². The molecule has 0 saturated carbocycles. The molecule has 1 aromatic carbocycles. The summed E-state index contributed by atoms with van der Waals surface area (Å²) in [5, 5.41) is 9.72. The van der Waals surface area contributed by atoms with Crippen LogP contribution in [0.15, 0.2) is 30.5 Å². The summed E-state index contributed by atoms with van der Waals surface area (Å²) in [6, 6.07) is 5.75. The van der Waals surface area contributed by atoms with Gasteiger partial charge in [-0.2, -0.15) is 5.10 Å². The molecule has 1 aromatic heterocycles. The number of hydrogen-bond acceptors (Lipinski definition) is 4. The number of rotatable bonds is 4. The number of aromatic amines is 1. The molecule has 2 heterocycles. The maximum atomic E-state index is 13.1. The zero-order valence-corrected chi connectivity index (χ0v) is 15.2. The zero-order chi connectivity index (χ0) is 19.4. The fourth-order valence-corrected chi connectivity index (χ4v) is 2.87. The molecule has 0 spiro atoms. The molecule has 1 aliphatic rings. The number of nitrogens with one attached hydrogen (secondary N) is 2. The number of carbonyl (C=O) groups excluding carboxylic acids is 2. The Kier molecular flexibility index (Phi) is 5.70. The topological polar surface area (TPSA) is 90.6 Å². The van der Waals surface area contributed by atoms with Crippen LogP contribution in [0.3, 0.4) is 0 Å². The number of amides is 3. The molecule has 8 nitrogen and oxygen atoms in total. The van der Waals surface area contributed by atoms with Crippen molar-refractivity contribution in [1.29, 1.82) is 0 Å². The van der Waals surface area contributed by atoms with E-state index in [1.807, 2.05) is 0 Å². The first-order valence-electron chi connectivity index (χ1n) is 8.59. The molecule has 1 saturated heterocycles. The van der Waals surface area contributed by atoms with Crippen LogP contribution >= 0.6 is 0 Å². The Morgan fingerprint density at radius 3 is 2.81 bits per heavy atom. The van der Waals surface area contributed by atoms with Crippen LogP contribution in [0.1, 0.15) is 5.56 Å². The van der Waals surface area contributed by atoms with E-state index in [0.717, 1.165) is 16.8 Å². The average Bonchev–Trinajstić information content (AvgIpc) is 3.14. The van der Waals surface area contributed by atoms with E-state index >= 15 is 0 Å². The highest BCUT2D eigenvalue weighted by molar-refractivity contribution is 5.82. The Morgan fingerprint density at radius 2 is 2.11 bits per heavy atom. The van der Waals surface area contributed by atoms with E-state index in [4.69, 9.17) is 4.74 Å². The number of carbonyl (C=O) groups is 2. The molecule has 27 heavy (non-hydrogen) atoms. The van der Waals surface area contributed by atoms with Crippen molar-refractivity contribution in [2.75, 3.05) is 33.8 Å². The van der Waals surface area contributed by atoms with Crippen molar-refractivity contribution in [3.05, 3.63) is 41.8 Å². The Hall–Kier alpha value is -2.94. The largest absolute Gasteiger partial charge is 0.365 e. The smallest absolute Gasteiger partial charge is 0.317 e. The monoisotopic (exact) mass is 375 g/mol. The highest BCUT2D eigenvalue weighted by atomic mass is 19.1. The Balaban J connectivity index is 1.61. The predicted molar refractivity (Wildman–Crippen MR) is 96.2 cm³/mol. The van der Waals surface area contributed by atoms with E-state index in [1.165, 1.54) is 17.0 Å². The summed E-state index contributed by atoms with van der Waals surface area (Å²) in [4.78, 5) is 27.5. The number of aromatic nitrogens is 2. The molecular weight excluding hydrogens is 353 g/mol. The maximum absolute atomic E-state index is 13.1. The number of ether oxygens (including phenoxy) is 1. The van der Waals surface area contributed by atoms with Gasteiger partial charge in [0.2, 0.25) is 0 Å². The third-order valence-electron chi connectivity index (χ3n) is 4.35. The fraction of sp³-hybridized carbons (Fsp3) is 0.389. The number of morpholine rings is 1. The quantitative estimate of drug-likeness (QED) is 0.841. The van der Waals surface area contributed by atoms with Crippen LogP contribution < -0.4 is 5.32 Å². The molecule has 0 unspecified atom stereocenters. The molecular formula is C18H22FN5O3. The molecule has 1 aliphatic heterocycles. The normalized spacial score (nSPS) is 16.9. The van der Waals surface area contributed by atoms with Crippen molar-refractivity contribution in [3.8, 4) is 11.3 Å². The van der Waals surface area contributed by atoms with Gasteiger partial charge in [-0.1, -0.05) is 0 Å². The molecule has 2 N–H and O–H groups in total. The molecule has 9 heteroatoms. The number of H-pyrrole nitrogens is 1. The first-order chi connectivity index (χ1) is 13.0. The number of halogens is 1. The van der Waals surface area contributed by atoms with Crippen LogP contribution in [0.5, 0.6) is 0 Å². The van der Waals surface area contributed by atoms with Gasteiger partial charge < -0.3 is 19.9 Å². The lowest BCUT2D eigenvalue weighted by atomic mass is 10.1. The minimum Gasteiger partial charge on any atom is -0.365 e. The van der Waals surface area contributed by atoms with E-state index in [9.17, 15) is 14.0 Å².